The molecule has 0 atom stereocenters. The number of para-hydroxylation sites is 1. The van der Waals surface area contributed by atoms with Gasteiger partial charge in [-0.1, -0.05) is 72.8 Å². The van der Waals surface area contributed by atoms with E-state index in [0.717, 1.165) is 33.3 Å². The molecule has 1 amide bonds. The average Bonchev–Trinajstić information content (AvgIpc) is 3.20. The van der Waals surface area contributed by atoms with Crippen LogP contribution in [0.4, 0.5) is 0 Å². The number of benzene rings is 3. The summed E-state index contributed by atoms with van der Waals surface area (Å²) in [4.78, 5) is 16.2. The molecule has 0 fully saturated rings. The molecule has 4 rings (SSSR count). The molecule has 0 saturated carbocycles. The topological polar surface area (TPSA) is 77.9 Å². The van der Waals surface area contributed by atoms with Crippen LogP contribution in [0.5, 0.6) is 5.75 Å². The molecule has 4 aromatic rings. The Morgan fingerprint density at radius 3 is 2.42 bits per heavy atom. The number of ether oxygens (including phenoxy) is 1. The molecule has 1 heterocycles. The normalized spacial score (nSPS) is 11.2. The molecule has 5 heteroatoms. The quantitative estimate of drug-likeness (QED) is 0.346. The number of rotatable bonds is 6. The van der Waals surface area contributed by atoms with Gasteiger partial charge in [-0.05, 0) is 23.3 Å². The molecule has 0 aliphatic rings. The summed E-state index contributed by atoms with van der Waals surface area (Å²) in [7, 11) is 1.62. The van der Waals surface area contributed by atoms with E-state index in [0.29, 0.717) is 12.3 Å². The molecule has 1 aromatic heterocycles. The number of aromatic nitrogens is 1. The number of nitrogens with one attached hydrogen (secondary N) is 2. The summed E-state index contributed by atoms with van der Waals surface area (Å²) in [6.07, 6.45) is 1.64. The SMILES string of the molecule is COc1cccc2c(/C=C(\C#N)C(=O)NCc3ccccc3)c(-c3ccccc3)[nH]c12. The highest BCUT2D eigenvalue weighted by molar-refractivity contribution is 6.07. The first kappa shape index (κ1) is 20.0. The van der Waals surface area contributed by atoms with Gasteiger partial charge in [-0.2, -0.15) is 5.26 Å². The fourth-order valence-corrected chi connectivity index (χ4v) is 3.53. The zero-order chi connectivity index (χ0) is 21.6. The molecule has 0 spiro atoms. The van der Waals surface area contributed by atoms with E-state index in [2.05, 4.69) is 16.4 Å². The first-order valence-corrected chi connectivity index (χ1v) is 9.89. The van der Waals surface area contributed by atoms with Gasteiger partial charge in [0.15, 0.2) is 0 Å². The van der Waals surface area contributed by atoms with Crippen LogP contribution in [0.3, 0.4) is 0 Å². The Hall–Kier alpha value is -4.30. The summed E-state index contributed by atoms with van der Waals surface area (Å²) < 4.78 is 5.50. The minimum Gasteiger partial charge on any atom is -0.495 e. The fourth-order valence-electron chi connectivity index (χ4n) is 3.53. The highest BCUT2D eigenvalue weighted by Gasteiger charge is 2.17. The molecule has 0 bridgehead atoms. The number of fused-ring (bicyclic) bond motifs is 1. The number of H-pyrrole nitrogens is 1. The zero-order valence-electron chi connectivity index (χ0n) is 17.1. The predicted octanol–water partition coefficient (Wildman–Crippen LogP) is 5.07. The third-order valence-electron chi connectivity index (χ3n) is 5.07. The second-order valence-electron chi connectivity index (χ2n) is 7.00. The van der Waals surface area contributed by atoms with Crippen LogP contribution in [0.1, 0.15) is 11.1 Å². The molecule has 0 saturated heterocycles. The molecule has 0 aliphatic carbocycles. The highest BCUT2D eigenvalue weighted by Crippen LogP contribution is 2.36. The van der Waals surface area contributed by atoms with E-state index < -0.39 is 5.91 Å². The van der Waals surface area contributed by atoms with Gasteiger partial charge < -0.3 is 15.0 Å². The van der Waals surface area contributed by atoms with Crippen LogP contribution in [0, 0.1) is 11.3 Å². The Bertz CT molecular complexity index is 1280. The van der Waals surface area contributed by atoms with E-state index in [1.165, 1.54) is 0 Å². The van der Waals surface area contributed by atoms with E-state index >= 15 is 0 Å². The van der Waals surface area contributed by atoms with Gasteiger partial charge in [0, 0.05) is 17.5 Å². The zero-order valence-corrected chi connectivity index (χ0v) is 17.1. The summed E-state index contributed by atoms with van der Waals surface area (Å²) in [6, 6.07) is 27.2. The highest BCUT2D eigenvalue weighted by atomic mass is 16.5. The van der Waals surface area contributed by atoms with Gasteiger partial charge in [0.1, 0.15) is 17.4 Å². The average molecular weight is 407 g/mol. The Morgan fingerprint density at radius 1 is 1.03 bits per heavy atom. The maximum atomic E-state index is 12.7. The number of methoxy groups -OCH3 is 1. The van der Waals surface area contributed by atoms with Crippen molar-refractivity contribution in [1.82, 2.24) is 10.3 Å². The van der Waals surface area contributed by atoms with E-state index in [9.17, 15) is 10.1 Å². The van der Waals surface area contributed by atoms with Crippen LogP contribution in [0.15, 0.2) is 84.4 Å². The molecule has 0 unspecified atom stereocenters. The lowest BCUT2D eigenvalue weighted by Crippen LogP contribution is -2.23. The third-order valence-corrected chi connectivity index (χ3v) is 5.07. The minimum atomic E-state index is -0.414. The molecule has 31 heavy (non-hydrogen) atoms. The number of carbonyl (C=O) groups excluding carboxylic acids is 1. The van der Waals surface area contributed by atoms with Crippen molar-refractivity contribution < 1.29 is 9.53 Å². The second-order valence-corrected chi connectivity index (χ2v) is 7.00. The van der Waals surface area contributed by atoms with Crippen LogP contribution in [0.25, 0.3) is 28.2 Å². The Morgan fingerprint density at radius 2 is 1.74 bits per heavy atom. The molecule has 0 radical (unpaired) electrons. The molecule has 152 valence electrons. The summed E-state index contributed by atoms with van der Waals surface area (Å²) in [6.45, 7) is 0.353. The van der Waals surface area contributed by atoms with Crippen molar-refractivity contribution in [2.45, 2.75) is 6.54 Å². The molecule has 3 aromatic carbocycles. The minimum absolute atomic E-state index is 0.0387. The largest absolute Gasteiger partial charge is 0.495 e. The molecule has 5 nitrogen and oxygen atoms in total. The van der Waals surface area contributed by atoms with Gasteiger partial charge >= 0.3 is 0 Å². The van der Waals surface area contributed by atoms with Crippen molar-refractivity contribution in [1.29, 1.82) is 5.26 Å². The van der Waals surface area contributed by atoms with Crippen molar-refractivity contribution in [2.75, 3.05) is 7.11 Å². The smallest absolute Gasteiger partial charge is 0.262 e. The van der Waals surface area contributed by atoms with Crippen LogP contribution >= 0.6 is 0 Å². The summed E-state index contributed by atoms with van der Waals surface area (Å²) in [5, 5.41) is 13.4. The summed E-state index contributed by atoms with van der Waals surface area (Å²) in [5.74, 6) is 0.281. The standard InChI is InChI=1S/C26H21N3O2/c1-31-23-14-8-13-21-22(24(29-25(21)23)19-11-6-3-7-12-19)15-20(16-27)26(30)28-17-18-9-4-2-5-10-18/h2-15,29H,17H2,1H3,(H,28,30)/b20-15+. The van der Waals surface area contributed by atoms with Crippen LogP contribution < -0.4 is 10.1 Å². The van der Waals surface area contributed by atoms with Crippen molar-refractivity contribution in [2.24, 2.45) is 0 Å². The first-order valence-electron chi connectivity index (χ1n) is 9.89. The van der Waals surface area contributed by atoms with E-state index in [1.54, 1.807) is 13.2 Å². The lowest BCUT2D eigenvalue weighted by molar-refractivity contribution is -0.117. The number of nitriles is 1. The van der Waals surface area contributed by atoms with Gasteiger partial charge in [-0.25, -0.2) is 0 Å². The van der Waals surface area contributed by atoms with E-state index in [1.807, 2.05) is 78.9 Å². The monoisotopic (exact) mass is 407 g/mol. The van der Waals surface area contributed by atoms with Crippen molar-refractivity contribution in [3.63, 3.8) is 0 Å². The lowest BCUT2D eigenvalue weighted by Gasteiger charge is -2.05. The number of nitrogens with zero attached hydrogens (tertiary/aromatic N) is 1. The Labute approximate surface area is 180 Å². The maximum absolute atomic E-state index is 12.7. The maximum Gasteiger partial charge on any atom is 0.262 e. The third kappa shape index (κ3) is 4.19. The number of amides is 1. The van der Waals surface area contributed by atoms with Crippen molar-refractivity contribution in [3.8, 4) is 23.1 Å². The number of hydrogen-bond donors (Lipinski definition) is 2. The lowest BCUT2D eigenvalue weighted by atomic mass is 10.0. The number of carbonyl (C=O) groups is 1. The predicted molar refractivity (Wildman–Crippen MR) is 122 cm³/mol. The molecule has 0 aliphatic heterocycles. The number of hydrogen-bond acceptors (Lipinski definition) is 3. The van der Waals surface area contributed by atoms with Crippen LogP contribution in [-0.2, 0) is 11.3 Å². The molecular formula is C26H21N3O2. The fraction of sp³-hybridized carbons (Fsp3) is 0.0769. The summed E-state index contributed by atoms with van der Waals surface area (Å²) >= 11 is 0. The molecule has 2 N–H and O–H groups in total. The van der Waals surface area contributed by atoms with Gasteiger partial charge in [0.2, 0.25) is 0 Å². The van der Waals surface area contributed by atoms with E-state index in [4.69, 9.17) is 4.74 Å². The Balaban J connectivity index is 1.77. The number of aromatic amines is 1. The van der Waals surface area contributed by atoms with Gasteiger partial charge in [0.25, 0.3) is 5.91 Å². The van der Waals surface area contributed by atoms with Gasteiger partial charge in [-0.3, -0.25) is 4.79 Å². The van der Waals surface area contributed by atoms with Crippen molar-refractivity contribution in [3.05, 3.63) is 95.6 Å². The second kappa shape index (κ2) is 9.02. The van der Waals surface area contributed by atoms with Crippen LogP contribution in [-0.4, -0.2) is 18.0 Å². The Kier molecular flexibility index (Phi) is 5.82. The van der Waals surface area contributed by atoms with Gasteiger partial charge in [0.05, 0.1) is 18.3 Å². The summed E-state index contributed by atoms with van der Waals surface area (Å²) in [5.41, 5.74) is 4.37. The molecular weight excluding hydrogens is 386 g/mol. The van der Waals surface area contributed by atoms with Crippen LogP contribution in [0.2, 0.25) is 0 Å². The van der Waals surface area contributed by atoms with Crippen molar-refractivity contribution >= 4 is 22.9 Å². The first-order chi connectivity index (χ1) is 15.2. The van der Waals surface area contributed by atoms with Gasteiger partial charge in [-0.15, -0.1) is 0 Å². The van der Waals surface area contributed by atoms with E-state index in [-0.39, 0.29) is 5.57 Å².